The zero-order valence-corrected chi connectivity index (χ0v) is 8.58. The number of fused-ring (bicyclic) bond motifs is 1. The summed E-state index contributed by atoms with van der Waals surface area (Å²) < 4.78 is 5.56. The molecule has 0 unspecified atom stereocenters. The van der Waals surface area contributed by atoms with Crippen LogP contribution in [0.15, 0.2) is 22.6 Å². The lowest BCUT2D eigenvalue weighted by Crippen LogP contribution is -2.15. The van der Waals surface area contributed by atoms with Crippen molar-refractivity contribution < 1.29 is 4.42 Å². The number of nitrogens with one attached hydrogen (secondary N) is 1. The van der Waals surface area contributed by atoms with Crippen molar-refractivity contribution in [3.8, 4) is 0 Å². The van der Waals surface area contributed by atoms with E-state index in [4.69, 9.17) is 10.2 Å². The monoisotopic (exact) mass is 203 g/mol. The maximum Gasteiger partial charge on any atom is 0.296 e. The maximum absolute atomic E-state index is 5.66. The summed E-state index contributed by atoms with van der Waals surface area (Å²) in [7, 11) is 0. The summed E-state index contributed by atoms with van der Waals surface area (Å²) in [5.41, 5.74) is 8.13. The van der Waals surface area contributed by atoms with Crippen molar-refractivity contribution in [1.29, 1.82) is 0 Å². The number of oxazole rings is 1. The van der Waals surface area contributed by atoms with E-state index in [0.717, 1.165) is 11.1 Å². The molecule has 0 spiro atoms. The van der Waals surface area contributed by atoms with Gasteiger partial charge in [-0.3, -0.25) is 0 Å². The van der Waals surface area contributed by atoms with Crippen LogP contribution < -0.4 is 11.1 Å². The molecule has 4 heteroatoms. The number of nitrogens with two attached hydrogens (primary N) is 1. The molecule has 0 atom stereocenters. The molecule has 1 aliphatic rings. The first kappa shape index (κ1) is 8.59. The first-order valence-electron chi connectivity index (χ1n) is 5.09. The molecule has 4 nitrogen and oxygen atoms in total. The van der Waals surface area contributed by atoms with Gasteiger partial charge in [-0.2, -0.15) is 4.98 Å². The highest BCUT2D eigenvalue weighted by Crippen LogP contribution is 2.38. The Labute approximate surface area is 87.5 Å². The third-order valence-corrected chi connectivity index (χ3v) is 2.82. The lowest BCUT2D eigenvalue weighted by Gasteiger charge is -2.06. The SMILES string of the molecule is CC1(Nc2nc3ccc(N)cc3o2)CC1. The average molecular weight is 203 g/mol. The summed E-state index contributed by atoms with van der Waals surface area (Å²) in [6.45, 7) is 2.16. The molecule has 3 N–H and O–H groups in total. The van der Waals surface area contributed by atoms with Crippen LogP contribution in [0.5, 0.6) is 0 Å². The van der Waals surface area contributed by atoms with Gasteiger partial charge >= 0.3 is 0 Å². The second kappa shape index (κ2) is 2.66. The Morgan fingerprint density at radius 3 is 3.00 bits per heavy atom. The third-order valence-electron chi connectivity index (χ3n) is 2.82. The van der Waals surface area contributed by atoms with Gasteiger partial charge in [0.05, 0.1) is 0 Å². The zero-order chi connectivity index (χ0) is 10.5. The minimum atomic E-state index is 0.187. The highest BCUT2D eigenvalue weighted by molar-refractivity contribution is 5.78. The predicted octanol–water partition coefficient (Wildman–Crippen LogP) is 2.37. The van der Waals surface area contributed by atoms with E-state index >= 15 is 0 Å². The number of nitrogen functional groups attached to an aromatic ring is 1. The van der Waals surface area contributed by atoms with Gasteiger partial charge in [-0.05, 0) is 31.9 Å². The smallest absolute Gasteiger partial charge is 0.296 e. The Bertz CT molecular complexity index is 514. The first-order valence-corrected chi connectivity index (χ1v) is 5.09. The highest BCUT2D eigenvalue weighted by Gasteiger charge is 2.38. The van der Waals surface area contributed by atoms with Crippen molar-refractivity contribution in [1.82, 2.24) is 4.98 Å². The number of nitrogens with zero attached hydrogens (tertiary/aromatic N) is 1. The van der Waals surface area contributed by atoms with Crippen molar-refractivity contribution in [2.24, 2.45) is 0 Å². The standard InChI is InChI=1S/C11H13N3O/c1-11(4-5-11)14-10-13-8-3-2-7(12)6-9(8)15-10/h2-3,6H,4-5,12H2,1H3,(H,13,14). The number of benzene rings is 1. The van der Waals surface area contributed by atoms with Gasteiger partial charge in [0, 0.05) is 17.3 Å². The van der Waals surface area contributed by atoms with Crippen LogP contribution in [0.2, 0.25) is 0 Å². The minimum Gasteiger partial charge on any atom is -0.423 e. The topological polar surface area (TPSA) is 64.1 Å². The number of hydrogen-bond acceptors (Lipinski definition) is 4. The molecular weight excluding hydrogens is 190 g/mol. The second-order valence-electron chi connectivity index (χ2n) is 4.43. The summed E-state index contributed by atoms with van der Waals surface area (Å²) in [6.07, 6.45) is 2.35. The summed E-state index contributed by atoms with van der Waals surface area (Å²) in [5.74, 6) is 0. The molecule has 0 amide bonds. The van der Waals surface area contributed by atoms with Crippen LogP contribution in [0.1, 0.15) is 19.8 Å². The maximum atomic E-state index is 5.66. The predicted molar refractivity (Wildman–Crippen MR) is 59.7 cm³/mol. The van der Waals surface area contributed by atoms with E-state index in [2.05, 4.69) is 17.2 Å². The van der Waals surface area contributed by atoms with Gasteiger partial charge in [0.15, 0.2) is 5.58 Å². The first-order chi connectivity index (χ1) is 7.15. The molecule has 1 aliphatic carbocycles. The van der Waals surface area contributed by atoms with Crippen molar-refractivity contribution in [2.45, 2.75) is 25.3 Å². The Morgan fingerprint density at radius 1 is 1.47 bits per heavy atom. The molecule has 0 radical (unpaired) electrons. The lowest BCUT2D eigenvalue weighted by molar-refractivity contribution is 0.598. The van der Waals surface area contributed by atoms with Crippen LogP contribution in [0.25, 0.3) is 11.1 Å². The Kier molecular flexibility index (Phi) is 1.52. The van der Waals surface area contributed by atoms with Crippen LogP contribution in [0, 0.1) is 0 Å². The molecule has 0 bridgehead atoms. The molecule has 1 heterocycles. The normalized spacial score (nSPS) is 17.9. The van der Waals surface area contributed by atoms with Gasteiger partial charge in [0.2, 0.25) is 0 Å². The van der Waals surface area contributed by atoms with Gasteiger partial charge in [-0.1, -0.05) is 0 Å². The molecule has 0 saturated heterocycles. The third kappa shape index (κ3) is 1.52. The van der Waals surface area contributed by atoms with E-state index in [1.165, 1.54) is 12.8 Å². The van der Waals surface area contributed by atoms with Crippen molar-refractivity contribution in [3.05, 3.63) is 18.2 Å². The highest BCUT2D eigenvalue weighted by atomic mass is 16.4. The van der Waals surface area contributed by atoms with Gasteiger partial charge in [0.1, 0.15) is 5.52 Å². The fraction of sp³-hybridized carbons (Fsp3) is 0.364. The molecule has 2 aromatic rings. The van der Waals surface area contributed by atoms with Gasteiger partial charge in [-0.15, -0.1) is 0 Å². The quantitative estimate of drug-likeness (QED) is 0.735. The van der Waals surface area contributed by atoms with E-state index in [9.17, 15) is 0 Å². The number of aromatic nitrogens is 1. The van der Waals surface area contributed by atoms with Gasteiger partial charge in [0.25, 0.3) is 6.01 Å². The van der Waals surface area contributed by atoms with E-state index in [1.54, 1.807) is 6.07 Å². The summed E-state index contributed by atoms with van der Waals surface area (Å²) in [4.78, 5) is 4.35. The van der Waals surface area contributed by atoms with Crippen molar-refractivity contribution in [3.63, 3.8) is 0 Å². The Morgan fingerprint density at radius 2 is 2.27 bits per heavy atom. The summed E-state index contributed by atoms with van der Waals surface area (Å²) in [5, 5.41) is 3.28. The Balaban J connectivity index is 1.99. The number of anilines is 2. The van der Waals surface area contributed by atoms with E-state index in [1.807, 2.05) is 12.1 Å². The molecular formula is C11H13N3O. The van der Waals surface area contributed by atoms with Gasteiger partial charge < -0.3 is 15.5 Å². The molecule has 0 aliphatic heterocycles. The largest absolute Gasteiger partial charge is 0.423 e. The molecule has 3 rings (SSSR count). The molecule has 1 aromatic carbocycles. The summed E-state index contributed by atoms with van der Waals surface area (Å²) >= 11 is 0. The van der Waals surface area contributed by atoms with Crippen LogP contribution in [-0.4, -0.2) is 10.5 Å². The zero-order valence-electron chi connectivity index (χ0n) is 8.58. The van der Waals surface area contributed by atoms with Crippen LogP contribution in [0.4, 0.5) is 11.7 Å². The molecule has 1 aromatic heterocycles. The molecule has 15 heavy (non-hydrogen) atoms. The van der Waals surface area contributed by atoms with Crippen LogP contribution in [-0.2, 0) is 0 Å². The second-order valence-corrected chi connectivity index (χ2v) is 4.43. The van der Waals surface area contributed by atoms with E-state index < -0.39 is 0 Å². The van der Waals surface area contributed by atoms with E-state index in [0.29, 0.717) is 11.7 Å². The minimum absolute atomic E-state index is 0.187. The fourth-order valence-electron chi connectivity index (χ4n) is 1.57. The molecule has 78 valence electrons. The fourth-order valence-corrected chi connectivity index (χ4v) is 1.57. The van der Waals surface area contributed by atoms with Crippen molar-refractivity contribution in [2.75, 3.05) is 11.1 Å². The van der Waals surface area contributed by atoms with Crippen molar-refractivity contribution >= 4 is 22.8 Å². The van der Waals surface area contributed by atoms with E-state index in [-0.39, 0.29) is 5.54 Å². The van der Waals surface area contributed by atoms with Crippen LogP contribution in [0.3, 0.4) is 0 Å². The molecule has 1 fully saturated rings. The Hall–Kier alpha value is -1.71. The number of hydrogen-bond donors (Lipinski definition) is 2. The summed E-state index contributed by atoms with van der Waals surface area (Å²) in [6, 6.07) is 6.08. The number of rotatable bonds is 2. The van der Waals surface area contributed by atoms with Gasteiger partial charge in [-0.25, -0.2) is 0 Å². The lowest BCUT2D eigenvalue weighted by atomic mass is 10.3. The van der Waals surface area contributed by atoms with Crippen LogP contribution >= 0.6 is 0 Å². The average Bonchev–Trinajstić information content (AvgIpc) is 2.76. The molecule has 1 saturated carbocycles.